The summed E-state index contributed by atoms with van der Waals surface area (Å²) in [7, 11) is 0. The quantitative estimate of drug-likeness (QED) is 0.287. The molecule has 3 aliphatic carbocycles. The molecule has 0 aromatic carbocycles. The van der Waals surface area contributed by atoms with Gasteiger partial charge in [-0.1, -0.05) is 41.6 Å². The number of esters is 1. The molecule has 0 aliphatic heterocycles. The molecule has 0 unspecified atom stereocenters. The second-order valence-corrected chi connectivity index (χ2v) is 7.98. The number of hydrogen-bond donors (Lipinski definition) is 0. The molecule has 0 amide bonds. The molecule has 0 N–H and O–H groups in total. The van der Waals surface area contributed by atoms with Crippen LogP contribution in [0.4, 0.5) is 0 Å². The van der Waals surface area contributed by atoms with Crippen molar-refractivity contribution in [2.45, 2.75) is 83.5 Å². The predicted octanol–water partition coefficient (Wildman–Crippen LogP) is 5.63. The molecule has 3 aliphatic rings. The van der Waals surface area contributed by atoms with E-state index in [1.165, 1.54) is 70.6 Å². The molecule has 2 nitrogen and oxygen atoms in total. The fourth-order valence-corrected chi connectivity index (χ4v) is 4.45. The highest BCUT2D eigenvalue weighted by Gasteiger charge is 2.41. The summed E-state index contributed by atoms with van der Waals surface area (Å²) in [5, 5.41) is 1.12. The van der Waals surface area contributed by atoms with Gasteiger partial charge in [-0.05, 0) is 62.7 Å². The van der Waals surface area contributed by atoms with E-state index in [2.05, 4.69) is 15.9 Å². The molecular formula is C18H31BrO2. The highest BCUT2D eigenvalue weighted by atomic mass is 79.9. The average molecular weight is 359 g/mol. The van der Waals surface area contributed by atoms with Gasteiger partial charge in [0.1, 0.15) is 0 Å². The first kappa shape index (κ1) is 17.3. The zero-order chi connectivity index (χ0) is 15.0. The van der Waals surface area contributed by atoms with Crippen molar-refractivity contribution < 1.29 is 9.53 Å². The van der Waals surface area contributed by atoms with Gasteiger partial charge < -0.3 is 4.74 Å². The summed E-state index contributed by atoms with van der Waals surface area (Å²) in [4.78, 5) is 12.0. The summed E-state index contributed by atoms with van der Waals surface area (Å²) in [6.07, 6.45) is 15.9. The van der Waals surface area contributed by atoms with Crippen LogP contribution in [0.15, 0.2) is 0 Å². The Balaban J connectivity index is 1.50. The number of alkyl halides is 1. The average Bonchev–Trinajstić information content (AvgIpc) is 2.51. The summed E-state index contributed by atoms with van der Waals surface area (Å²) in [6.45, 7) is 0.635. The molecule has 0 spiro atoms. The molecule has 3 saturated carbocycles. The molecule has 21 heavy (non-hydrogen) atoms. The topological polar surface area (TPSA) is 26.3 Å². The molecule has 122 valence electrons. The normalized spacial score (nSPS) is 27.8. The molecule has 0 aromatic rings. The number of halogens is 1. The Morgan fingerprint density at radius 3 is 2.14 bits per heavy atom. The smallest absolute Gasteiger partial charge is 0.306 e. The maximum absolute atomic E-state index is 12.0. The van der Waals surface area contributed by atoms with Crippen LogP contribution in [-0.2, 0) is 9.53 Å². The third-order valence-corrected chi connectivity index (χ3v) is 6.12. The zero-order valence-electron chi connectivity index (χ0n) is 13.4. The van der Waals surface area contributed by atoms with Gasteiger partial charge in [-0.3, -0.25) is 4.79 Å². The number of ether oxygens (including phenoxy) is 1. The SMILES string of the molecule is O=C(CC12CCC(CC1)CC2)OCCCCCCCCBr. The van der Waals surface area contributed by atoms with E-state index in [9.17, 15) is 4.79 Å². The summed E-state index contributed by atoms with van der Waals surface area (Å²) < 4.78 is 5.47. The number of unbranched alkanes of at least 4 members (excludes halogenated alkanes) is 5. The van der Waals surface area contributed by atoms with E-state index in [4.69, 9.17) is 4.74 Å². The fraction of sp³-hybridized carbons (Fsp3) is 0.944. The van der Waals surface area contributed by atoms with Crippen molar-refractivity contribution >= 4 is 21.9 Å². The Morgan fingerprint density at radius 2 is 1.52 bits per heavy atom. The number of hydrogen-bond acceptors (Lipinski definition) is 2. The van der Waals surface area contributed by atoms with Gasteiger partial charge in [-0.2, -0.15) is 0 Å². The van der Waals surface area contributed by atoms with E-state index < -0.39 is 0 Å². The first-order valence-electron chi connectivity index (χ1n) is 8.96. The minimum atomic E-state index is 0.0645. The van der Waals surface area contributed by atoms with E-state index in [1.807, 2.05) is 0 Å². The molecular weight excluding hydrogens is 328 g/mol. The molecule has 3 heteroatoms. The summed E-state index contributed by atoms with van der Waals surface area (Å²) in [5.74, 6) is 1.03. The van der Waals surface area contributed by atoms with E-state index >= 15 is 0 Å². The second kappa shape index (κ2) is 9.17. The molecule has 2 bridgehead atoms. The highest BCUT2D eigenvalue weighted by molar-refractivity contribution is 9.09. The minimum absolute atomic E-state index is 0.0645. The van der Waals surface area contributed by atoms with Crippen molar-refractivity contribution in [2.24, 2.45) is 11.3 Å². The number of carbonyl (C=O) groups is 1. The van der Waals surface area contributed by atoms with Gasteiger partial charge in [0.25, 0.3) is 0 Å². The Kier molecular flexibility index (Phi) is 7.56. The summed E-state index contributed by atoms with van der Waals surface area (Å²) >= 11 is 3.46. The van der Waals surface area contributed by atoms with Gasteiger partial charge in [0.2, 0.25) is 0 Å². The molecule has 3 rings (SSSR count). The highest BCUT2D eigenvalue weighted by Crippen LogP contribution is 2.52. The lowest BCUT2D eigenvalue weighted by molar-refractivity contribution is -0.148. The van der Waals surface area contributed by atoms with Crippen LogP contribution in [0, 0.1) is 11.3 Å². The van der Waals surface area contributed by atoms with Crippen molar-refractivity contribution in [1.82, 2.24) is 0 Å². The van der Waals surface area contributed by atoms with Crippen LogP contribution >= 0.6 is 15.9 Å². The maximum atomic E-state index is 12.0. The summed E-state index contributed by atoms with van der Waals surface area (Å²) in [5.41, 5.74) is 0.321. The molecule has 0 radical (unpaired) electrons. The van der Waals surface area contributed by atoms with Gasteiger partial charge in [-0.15, -0.1) is 0 Å². The van der Waals surface area contributed by atoms with Gasteiger partial charge in [0.15, 0.2) is 0 Å². The van der Waals surface area contributed by atoms with Crippen molar-refractivity contribution in [3.63, 3.8) is 0 Å². The van der Waals surface area contributed by atoms with E-state index in [1.54, 1.807) is 0 Å². The lowest BCUT2D eigenvalue weighted by atomic mass is 9.59. The number of fused-ring (bicyclic) bond motifs is 3. The van der Waals surface area contributed by atoms with Gasteiger partial charge in [0, 0.05) is 5.33 Å². The van der Waals surface area contributed by atoms with Crippen molar-refractivity contribution in [3.8, 4) is 0 Å². The van der Waals surface area contributed by atoms with Gasteiger partial charge >= 0.3 is 5.97 Å². The van der Waals surface area contributed by atoms with Crippen molar-refractivity contribution in [1.29, 1.82) is 0 Å². The lowest BCUT2D eigenvalue weighted by Crippen LogP contribution is -2.36. The number of carbonyl (C=O) groups excluding carboxylic acids is 1. The Morgan fingerprint density at radius 1 is 0.952 bits per heavy atom. The monoisotopic (exact) mass is 358 g/mol. The van der Waals surface area contributed by atoms with Crippen molar-refractivity contribution in [3.05, 3.63) is 0 Å². The molecule has 0 aromatic heterocycles. The van der Waals surface area contributed by atoms with Crippen molar-refractivity contribution in [2.75, 3.05) is 11.9 Å². The van der Waals surface area contributed by atoms with Crippen LogP contribution in [0.25, 0.3) is 0 Å². The Hall–Kier alpha value is -0.0500. The third kappa shape index (κ3) is 5.92. The fourth-order valence-electron chi connectivity index (χ4n) is 4.05. The van der Waals surface area contributed by atoms with Crippen LogP contribution in [0.2, 0.25) is 0 Å². The lowest BCUT2D eigenvalue weighted by Gasteiger charge is -2.46. The molecule has 0 saturated heterocycles. The van der Waals surface area contributed by atoms with E-state index in [0.29, 0.717) is 18.4 Å². The van der Waals surface area contributed by atoms with Crippen LogP contribution < -0.4 is 0 Å². The van der Waals surface area contributed by atoms with Crippen LogP contribution in [0.5, 0.6) is 0 Å². The predicted molar refractivity (Wildman–Crippen MR) is 90.7 cm³/mol. The Bertz CT molecular complexity index is 295. The third-order valence-electron chi connectivity index (χ3n) is 5.56. The zero-order valence-corrected chi connectivity index (χ0v) is 15.0. The minimum Gasteiger partial charge on any atom is -0.466 e. The standard InChI is InChI=1S/C18H31BrO2/c19-13-5-3-1-2-4-6-14-21-17(20)15-18-10-7-16(8-11-18)9-12-18/h16H,1-15H2. The molecule has 0 heterocycles. The molecule has 0 atom stereocenters. The molecule has 3 fully saturated rings. The maximum Gasteiger partial charge on any atom is 0.306 e. The first-order chi connectivity index (χ1) is 10.2. The van der Waals surface area contributed by atoms with Crippen LogP contribution in [-0.4, -0.2) is 17.9 Å². The summed E-state index contributed by atoms with van der Waals surface area (Å²) in [6, 6.07) is 0. The number of rotatable bonds is 10. The van der Waals surface area contributed by atoms with E-state index in [-0.39, 0.29) is 5.97 Å². The first-order valence-corrected chi connectivity index (χ1v) is 10.1. The van der Waals surface area contributed by atoms with Gasteiger partial charge in [-0.25, -0.2) is 0 Å². The largest absolute Gasteiger partial charge is 0.466 e. The van der Waals surface area contributed by atoms with Gasteiger partial charge in [0.05, 0.1) is 13.0 Å². The van der Waals surface area contributed by atoms with Crippen LogP contribution in [0.1, 0.15) is 83.5 Å². The second-order valence-electron chi connectivity index (χ2n) is 7.19. The van der Waals surface area contributed by atoms with Crippen LogP contribution in [0.3, 0.4) is 0 Å². The van der Waals surface area contributed by atoms with E-state index in [0.717, 1.165) is 17.7 Å². The Labute approximate surface area is 138 Å².